The molecule has 158 valence electrons. The van der Waals surface area contributed by atoms with Crippen molar-refractivity contribution >= 4 is 50.7 Å². The predicted molar refractivity (Wildman–Crippen MR) is 118 cm³/mol. The topological polar surface area (TPSA) is 66.5 Å². The van der Waals surface area contributed by atoms with E-state index in [-0.39, 0.29) is 23.4 Å². The van der Waals surface area contributed by atoms with Crippen LogP contribution in [0, 0.1) is 5.41 Å². The van der Waals surface area contributed by atoms with E-state index in [1.807, 2.05) is 20.8 Å². The molecular weight excluding hydrogens is 455 g/mol. The molecule has 0 aliphatic rings. The molecule has 0 fully saturated rings. The van der Waals surface area contributed by atoms with Gasteiger partial charge in [0.15, 0.2) is 0 Å². The second kappa shape index (κ2) is 9.67. The summed E-state index contributed by atoms with van der Waals surface area (Å²) in [5, 5.41) is 3.82. The Bertz CT molecular complexity index is 951. The van der Waals surface area contributed by atoms with Crippen molar-refractivity contribution in [2.24, 2.45) is 5.41 Å². The second-order valence-electron chi connectivity index (χ2n) is 7.76. The van der Waals surface area contributed by atoms with Gasteiger partial charge in [0.1, 0.15) is 0 Å². The summed E-state index contributed by atoms with van der Waals surface area (Å²) in [6.45, 7) is 5.81. The summed E-state index contributed by atoms with van der Waals surface area (Å²) in [5.74, 6) is -0.416. The van der Waals surface area contributed by atoms with Gasteiger partial charge in [-0.25, -0.2) is 8.42 Å². The Morgan fingerprint density at radius 3 is 2.07 bits per heavy atom. The lowest BCUT2D eigenvalue weighted by Gasteiger charge is -2.24. The van der Waals surface area contributed by atoms with E-state index in [1.165, 1.54) is 24.3 Å². The molecule has 29 heavy (non-hydrogen) atoms. The monoisotopic (exact) mass is 476 g/mol. The number of halogens is 3. The van der Waals surface area contributed by atoms with Crippen LogP contribution in [-0.2, 0) is 21.4 Å². The van der Waals surface area contributed by atoms with Crippen molar-refractivity contribution in [3.8, 4) is 0 Å². The van der Waals surface area contributed by atoms with Gasteiger partial charge in [-0.3, -0.25) is 4.79 Å². The average molecular weight is 478 g/mol. The van der Waals surface area contributed by atoms with E-state index in [2.05, 4.69) is 5.32 Å². The molecule has 0 atom stereocenters. The third kappa shape index (κ3) is 6.86. The fraction of sp³-hybridized carbons (Fsp3) is 0.350. The van der Waals surface area contributed by atoms with Gasteiger partial charge in [0.2, 0.25) is 15.9 Å². The fourth-order valence-corrected chi connectivity index (χ4v) is 4.43. The standard InChI is InChI=1S/C20H23Cl3N2O3S/c1-20(2,3)13-24-19(26)12-25(11-16-17(22)5-4-6-18(16)23)29(27,28)15-9-7-14(21)8-10-15/h4-10H,11-13H2,1-3H3,(H,24,26). The number of nitrogens with one attached hydrogen (secondary N) is 1. The minimum Gasteiger partial charge on any atom is -0.354 e. The minimum atomic E-state index is -4.00. The lowest BCUT2D eigenvalue weighted by Crippen LogP contribution is -2.42. The molecule has 0 bridgehead atoms. The van der Waals surface area contributed by atoms with Gasteiger partial charge in [-0.05, 0) is 41.8 Å². The lowest BCUT2D eigenvalue weighted by molar-refractivity contribution is -0.121. The van der Waals surface area contributed by atoms with Gasteiger partial charge >= 0.3 is 0 Å². The Kier molecular flexibility index (Phi) is 7.99. The first kappa shape index (κ1) is 24.0. The highest BCUT2D eigenvalue weighted by Gasteiger charge is 2.28. The normalized spacial score (nSPS) is 12.2. The molecule has 0 aromatic heterocycles. The van der Waals surface area contributed by atoms with Crippen LogP contribution in [0.15, 0.2) is 47.4 Å². The van der Waals surface area contributed by atoms with Gasteiger partial charge in [0.25, 0.3) is 0 Å². The highest BCUT2D eigenvalue weighted by Crippen LogP contribution is 2.28. The number of sulfonamides is 1. The van der Waals surface area contributed by atoms with Crippen LogP contribution in [-0.4, -0.2) is 31.7 Å². The van der Waals surface area contributed by atoms with Gasteiger partial charge < -0.3 is 5.32 Å². The van der Waals surface area contributed by atoms with Crippen molar-refractivity contribution in [2.45, 2.75) is 32.2 Å². The van der Waals surface area contributed by atoms with Crippen molar-refractivity contribution in [1.29, 1.82) is 0 Å². The summed E-state index contributed by atoms with van der Waals surface area (Å²) in [6, 6.07) is 10.7. The maximum absolute atomic E-state index is 13.2. The number of rotatable bonds is 7. The molecule has 0 saturated carbocycles. The lowest BCUT2D eigenvalue weighted by atomic mass is 9.97. The van der Waals surface area contributed by atoms with E-state index in [0.29, 0.717) is 27.2 Å². The van der Waals surface area contributed by atoms with Gasteiger partial charge in [0.05, 0.1) is 11.4 Å². The maximum atomic E-state index is 13.2. The largest absolute Gasteiger partial charge is 0.354 e. The van der Waals surface area contributed by atoms with E-state index in [0.717, 1.165) is 4.31 Å². The smallest absolute Gasteiger partial charge is 0.243 e. The molecule has 1 amide bonds. The first-order valence-corrected chi connectivity index (χ1v) is 11.4. The second-order valence-corrected chi connectivity index (χ2v) is 11.0. The molecule has 2 rings (SSSR count). The van der Waals surface area contributed by atoms with Gasteiger partial charge in [-0.1, -0.05) is 61.6 Å². The van der Waals surface area contributed by atoms with E-state index < -0.39 is 15.9 Å². The summed E-state index contributed by atoms with van der Waals surface area (Å²) >= 11 is 18.3. The Morgan fingerprint density at radius 1 is 1.00 bits per heavy atom. The molecule has 0 saturated heterocycles. The molecule has 0 spiro atoms. The Morgan fingerprint density at radius 2 is 1.55 bits per heavy atom. The molecule has 0 radical (unpaired) electrons. The molecule has 1 N–H and O–H groups in total. The van der Waals surface area contributed by atoms with Crippen LogP contribution in [0.1, 0.15) is 26.3 Å². The fourth-order valence-electron chi connectivity index (χ4n) is 2.42. The Labute approximate surface area is 187 Å². The highest BCUT2D eigenvalue weighted by atomic mass is 35.5. The van der Waals surface area contributed by atoms with Crippen LogP contribution in [0.25, 0.3) is 0 Å². The zero-order chi connectivity index (χ0) is 21.8. The quantitative estimate of drug-likeness (QED) is 0.610. The number of hydrogen-bond donors (Lipinski definition) is 1. The number of nitrogens with zero attached hydrogens (tertiary/aromatic N) is 1. The van der Waals surface area contributed by atoms with Crippen LogP contribution < -0.4 is 5.32 Å². The van der Waals surface area contributed by atoms with Crippen molar-refractivity contribution in [2.75, 3.05) is 13.1 Å². The van der Waals surface area contributed by atoms with Crippen LogP contribution in [0.2, 0.25) is 15.1 Å². The number of amides is 1. The first-order valence-electron chi connectivity index (χ1n) is 8.85. The van der Waals surface area contributed by atoms with Crippen LogP contribution in [0.3, 0.4) is 0 Å². The molecule has 0 heterocycles. The Hall–Kier alpha value is -1.31. The van der Waals surface area contributed by atoms with Crippen molar-refractivity contribution < 1.29 is 13.2 Å². The molecule has 0 unspecified atom stereocenters. The molecule has 9 heteroatoms. The summed E-state index contributed by atoms with van der Waals surface area (Å²) in [6.07, 6.45) is 0. The molecule has 0 aliphatic carbocycles. The number of hydrogen-bond acceptors (Lipinski definition) is 3. The summed E-state index contributed by atoms with van der Waals surface area (Å²) in [7, 11) is -4.00. The van der Waals surface area contributed by atoms with Crippen molar-refractivity contribution in [3.63, 3.8) is 0 Å². The van der Waals surface area contributed by atoms with Crippen molar-refractivity contribution in [1.82, 2.24) is 9.62 Å². The molecular formula is C20H23Cl3N2O3S. The molecule has 2 aromatic carbocycles. The van der Waals surface area contributed by atoms with E-state index in [1.54, 1.807) is 18.2 Å². The number of benzene rings is 2. The van der Waals surface area contributed by atoms with Gasteiger partial charge in [-0.15, -0.1) is 0 Å². The maximum Gasteiger partial charge on any atom is 0.243 e. The predicted octanol–water partition coefficient (Wildman–Crippen LogP) is 5.00. The van der Waals surface area contributed by atoms with E-state index in [4.69, 9.17) is 34.8 Å². The van der Waals surface area contributed by atoms with Crippen LogP contribution in [0.5, 0.6) is 0 Å². The molecule has 2 aromatic rings. The summed E-state index contributed by atoms with van der Waals surface area (Å²) in [4.78, 5) is 12.5. The highest BCUT2D eigenvalue weighted by molar-refractivity contribution is 7.89. The third-order valence-corrected chi connectivity index (χ3v) is 6.75. The number of carbonyl (C=O) groups excluding carboxylic acids is 1. The zero-order valence-corrected chi connectivity index (χ0v) is 19.5. The van der Waals surface area contributed by atoms with E-state index in [9.17, 15) is 13.2 Å². The Balaban J connectivity index is 2.37. The average Bonchev–Trinajstić information content (AvgIpc) is 2.62. The SMILES string of the molecule is CC(C)(C)CNC(=O)CN(Cc1c(Cl)cccc1Cl)S(=O)(=O)c1ccc(Cl)cc1. The van der Waals surface area contributed by atoms with Crippen LogP contribution in [0.4, 0.5) is 0 Å². The minimum absolute atomic E-state index is 0.0219. The van der Waals surface area contributed by atoms with Crippen LogP contribution >= 0.6 is 34.8 Å². The number of carbonyl (C=O) groups is 1. The third-order valence-electron chi connectivity index (χ3n) is 3.98. The van der Waals surface area contributed by atoms with Crippen molar-refractivity contribution in [3.05, 3.63) is 63.1 Å². The summed E-state index contributed by atoms with van der Waals surface area (Å²) < 4.78 is 27.5. The van der Waals surface area contributed by atoms with Gasteiger partial charge in [-0.2, -0.15) is 4.31 Å². The van der Waals surface area contributed by atoms with Gasteiger partial charge in [0, 0.05) is 33.7 Å². The zero-order valence-electron chi connectivity index (χ0n) is 16.4. The summed E-state index contributed by atoms with van der Waals surface area (Å²) in [5.41, 5.74) is 0.290. The molecule has 5 nitrogen and oxygen atoms in total. The van der Waals surface area contributed by atoms with E-state index >= 15 is 0 Å². The first-order chi connectivity index (χ1) is 13.4. The molecule has 0 aliphatic heterocycles.